The maximum atomic E-state index is 5.93. The average Bonchev–Trinajstić information content (AvgIpc) is 3.20. The van der Waals surface area contributed by atoms with Crippen LogP contribution in [0.15, 0.2) is 17.5 Å². The Morgan fingerprint density at radius 2 is 2.24 bits per heavy atom. The number of anilines is 1. The maximum Gasteiger partial charge on any atom is 0.221 e. The van der Waals surface area contributed by atoms with Gasteiger partial charge < -0.3 is 10.1 Å². The molecule has 0 aliphatic heterocycles. The van der Waals surface area contributed by atoms with Crippen molar-refractivity contribution in [1.29, 1.82) is 0 Å². The van der Waals surface area contributed by atoms with Crippen molar-refractivity contribution in [3.63, 3.8) is 0 Å². The van der Waals surface area contributed by atoms with E-state index in [2.05, 4.69) is 39.7 Å². The van der Waals surface area contributed by atoms with Gasteiger partial charge in [-0.15, -0.1) is 11.3 Å². The summed E-state index contributed by atoms with van der Waals surface area (Å²) in [4.78, 5) is 10.6. The molecule has 0 saturated heterocycles. The summed E-state index contributed by atoms with van der Waals surface area (Å²) in [6.45, 7) is 5.62. The van der Waals surface area contributed by atoms with E-state index in [4.69, 9.17) is 4.74 Å². The minimum atomic E-state index is 0.530. The Morgan fingerprint density at radius 3 is 2.90 bits per heavy atom. The lowest BCUT2D eigenvalue weighted by Gasteiger charge is -2.13. The Balaban J connectivity index is 1.72. The molecule has 0 spiro atoms. The molecule has 21 heavy (non-hydrogen) atoms. The van der Waals surface area contributed by atoms with Gasteiger partial charge in [-0.1, -0.05) is 6.07 Å². The molecule has 1 aliphatic carbocycles. The van der Waals surface area contributed by atoms with Gasteiger partial charge in [0.15, 0.2) is 0 Å². The second-order valence-corrected chi connectivity index (χ2v) is 6.38. The van der Waals surface area contributed by atoms with Crippen molar-refractivity contribution in [1.82, 2.24) is 9.97 Å². The lowest BCUT2D eigenvalue weighted by Crippen LogP contribution is -2.10. The molecule has 0 atom stereocenters. The monoisotopic (exact) mass is 303 g/mol. The number of hydrogen-bond acceptors (Lipinski definition) is 5. The van der Waals surface area contributed by atoms with E-state index in [1.54, 1.807) is 11.3 Å². The molecule has 1 N–H and O–H groups in total. The third kappa shape index (κ3) is 3.53. The van der Waals surface area contributed by atoms with Crippen LogP contribution in [0, 0.1) is 6.92 Å². The number of rotatable bonds is 7. The number of hydrogen-bond donors (Lipinski definition) is 1. The molecule has 0 aromatic carbocycles. The van der Waals surface area contributed by atoms with Crippen LogP contribution in [0.4, 0.5) is 5.82 Å². The second-order valence-electron chi connectivity index (χ2n) is 5.34. The molecule has 3 rings (SSSR count). The van der Waals surface area contributed by atoms with Crippen molar-refractivity contribution in [2.75, 3.05) is 18.5 Å². The standard InChI is InChI=1S/C16H21N3OS/c1-3-17-14-11(2)16(19-15(18-14)12-6-7-12)20-9-8-13-5-4-10-21-13/h4-5,10,12H,3,6-9H2,1-2H3,(H,17,18,19). The zero-order valence-electron chi connectivity index (χ0n) is 12.6. The first kappa shape index (κ1) is 14.3. The minimum absolute atomic E-state index is 0.530. The van der Waals surface area contributed by atoms with Gasteiger partial charge in [0.2, 0.25) is 5.88 Å². The summed E-state index contributed by atoms with van der Waals surface area (Å²) in [6, 6.07) is 4.21. The normalized spacial score (nSPS) is 14.2. The van der Waals surface area contributed by atoms with Crippen molar-refractivity contribution in [3.05, 3.63) is 33.8 Å². The zero-order valence-corrected chi connectivity index (χ0v) is 13.4. The van der Waals surface area contributed by atoms with E-state index >= 15 is 0 Å². The summed E-state index contributed by atoms with van der Waals surface area (Å²) >= 11 is 1.77. The van der Waals surface area contributed by atoms with Crippen molar-refractivity contribution in [2.24, 2.45) is 0 Å². The van der Waals surface area contributed by atoms with Gasteiger partial charge in [0, 0.05) is 23.8 Å². The van der Waals surface area contributed by atoms with Crippen molar-refractivity contribution in [3.8, 4) is 5.88 Å². The average molecular weight is 303 g/mol. The Bertz CT molecular complexity index is 594. The molecule has 5 heteroatoms. The summed E-state index contributed by atoms with van der Waals surface area (Å²) in [6.07, 6.45) is 3.32. The first-order valence-corrected chi connectivity index (χ1v) is 8.43. The lowest BCUT2D eigenvalue weighted by atomic mass is 10.3. The summed E-state index contributed by atoms with van der Waals surface area (Å²) < 4.78 is 5.93. The highest BCUT2D eigenvalue weighted by atomic mass is 32.1. The number of aromatic nitrogens is 2. The van der Waals surface area contributed by atoms with E-state index in [-0.39, 0.29) is 0 Å². The molecular weight excluding hydrogens is 282 g/mol. The van der Waals surface area contributed by atoms with Crippen molar-refractivity contribution in [2.45, 2.75) is 39.0 Å². The van der Waals surface area contributed by atoms with Crippen LogP contribution in [0.3, 0.4) is 0 Å². The summed E-state index contributed by atoms with van der Waals surface area (Å²) in [5, 5.41) is 5.41. The van der Waals surface area contributed by atoms with E-state index in [9.17, 15) is 0 Å². The van der Waals surface area contributed by atoms with E-state index in [1.165, 1.54) is 17.7 Å². The van der Waals surface area contributed by atoms with Crippen LogP contribution >= 0.6 is 11.3 Å². The minimum Gasteiger partial charge on any atom is -0.477 e. The molecule has 2 aromatic heterocycles. The Labute approximate surface area is 129 Å². The van der Waals surface area contributed by atoms with Crippen LogP contribution < -0.4 is 10.1 Å². The van der Waals surface area contributed by atoms with Crippen LogP contribution in [0.5, 0.6) is 5.88 Å². The van der Waals surface area contributed by atoms with Crippen LogP contribution in [0.2, 0.25) is 0 Å². The molecular formula is C16H21N3OS. The third-order valence-corrected chi connectivity index (χ3v) is 4.51. The molecule has 1 fully saturated rings. The zero-order chi connectivity index (χ0) is 14.7. The summed E-state index contributed by atoms with van der Waals surface area (Å²) in [5.41, 5.74) is 1.01. The van der Waals surface area contributed by atoms with Gasteiger partial charge in [0.1, 0.15) is 11.6 Å². The van der Waals surface area contributed by atoms with E-state index in [0.29, 0.717) is 12.5 Å². The highest BCUT2D eigenvalue weighted by Gasteiger charge is 2.28. The molecule has 2 heterocycles. The van der Waals surface area contributed by atoms with E-state index in [0.717, 1.165) is 36.1 Å². The first-order chi connectivity index (χ1) is 10.3. The van der Waals surface area contributed by atoms with Crippen molar-refractivity contribution < 1.29 is 4.74 Å². The molecule has 4 nitrogen and oxygen atoms in total. The maximum absolute atomic E-state index is 5.93. The number of nitrogens with one attached hydrogen (secondary N) is 1. The first-order valence-electron chi connectivity index (χ1n) is 7.55. The highest BCUT2D eigenvalue weighted by Crippen LogP contribution is 2.39. The predicted octanol–water partition coefficient (Wildman–Crippen LogP) is 3.78. The van der Waals surface area contributed by atoms with Gasteiger partial charge in [-0.3, -0.25) is 0 Å². The Hall–Kier alpha value is -1.62. The number of nitrogens with zero attached hydrogens (tertiary/aromatic N) is 2. The lowest BCUT2D eigenvalue weighted by molar-refractivity contribution is 0.306. The molecule has 0 bridgehead atoms. The van der Waals surface area contributed by atoms with Crippen molar-refractivity contribution >= 4 is 17.2 Å². The van der Waals surface area contributed by atoms with Gasteiger partial charge >= 0.3 is 0 Å². The fourth-order valence-corrected chi connectivity index (χ4v) is 2.91. The fourth-order valence-electron chi connectivity index (χ4n) is 2.22. The summed E-state index contributed by atoms with van der Waals surface area (Å²) in [5.74, 6) is 3.12. The topological polar surface area (TPSA) is 47.0 Å². The SMILES string of the molecule is CCNc1nc(C2CC2)nc(OCCc2cccs2)c1C. The molecule has 1 aliphatic rings. The van der Waals surface area contributed by atoms with E-state index < -0.39 is 0 Å². The predicted molar refractivity (Wildman–Crippen MR) is 86.4 cm³/mol. The third-order valence-electron chi connectivity index (χ3n) is 3.57. The van der Waals surface area contributed by atoms with Crippen LogP contribution in [0.25, 0.3) is 0 Å². The molecule has 0 radical (unpaired) electrons. The fraction of sp³-hybridized carbons (Fsp3) is 0.500. The molecule has 0 unspecified atom stereocenters. The largest absolute Gasteiger partial charge is 0.477 e. The van der Waals surface area contributed by atoms with Crippen LogP contribution in [-0.2, 0) is 6.42 Å². The number of thiophene rings is 1. The quantitative estimate of drug-likeness (QED) is 0.845. The molecule has 1 saturated carbocycles. The molecule has 2 aromatic rings. The van der Waals surface area contributed by atoms with E-state index in [1.807, 2.05) is 6.92 Å². The smallest absolute Gasteiger partial charge is 0.221 e. The van der Waals surface area contributed by atoms with Gasteiger partial charge in [0.25, 0.3) is 0 Å². The molecule has 0 amide bonds. The Kier molecular flexibility index (Phi) is 4.39. The Morgan fingerprint density at radius 1 is 1.38 bits per heavy atom. The van der Waals surface area contributed by atoms with Crippen LogP contribution in [-0.4, -0.2) is 23.1 Å². The van der Waals surface area contributed by atoms with Gasteiger partial charge in [-0.25, -0.2) is 4.98 Å². The van der Waals surface area contributed by atoms with Gasteiger partial charge in [-0.05, 0) is 38.1 Å². The van der Waals surface area contributed by atoms with Crippen LogP contribution in [0.1, 0.15) is 41.9 Å². The highest BCUT2D eigenvalue weighted by molar-refractivity contribution is 7.09. The number of ether oxygens (including phenoxy) is 1. The van der Waals surface area contributed by atoms with Gasteiger partial charge in [-0.2, -0.15) is 4.98 Å². The second kappa shape index (κ2) is 6.43. The summed E-state index contributed by atoms with van der Waals surface area (Å²) in [7, 11) is 0. The van der Waals surface area contributed by atoms with Gasteiger partial charge in [0.05, 0.1) is 12.2 Å². The molecule has 112 valence electrons.